The Labute approximate surface area is 137 Å². The number of carbonyl (C=O) groups is 1. The van der Waals surface area contributed by atoms with Gasteiger partial charge >= 0.3 is 0 Å². The van der Waals surface area contributed by atoms with Crippen molar-refractivity contribution in [1.29, 1.82) is 0 Å². The predicted octanol–water partition coefficient (Wildman–Crippen LogP) is 4.77. The van der Waals surface area contributed by atoms with Gasteiger partial charge in [-0.25, -0.2) is 4.98 Å². The Kier molecular flexibility index (Phi) is 4.29. The number of pyridine rings is 2. The summed E-state index contributed by atoms with van der Waals surface area (Å²) in [5.41, 5.74) is 2.44. The maximum Gasteiger partial charge on any atom is 0.181 e. The van der Waals surface area contributed by atoms with E-state index < -0.39 is 0 Å². The summed E-state index contributed by atoms with van der Waals surface area (Å²) in [7, 11) is 0. The maximum atomic E-state index is 12.5. The molecule has 22 heavy (non-hydrogen) atoms. The quantitative estimate of drug-likeness (QED) is 0.633. The van der Waals surface area contributed by atoms with Gasteiger partial charge in [-0.2, -0.15) is 0 Å². The molecule has 0 saturated heterocycles. The number of hydrogen-bond acceptors (Lipinski definition) is 3. The molecule has 0 radical (unpaired) electrons. The summed E-state index contributed by atoms with van der Waals surface area (Å²) in [6.45, 7) is 2.06. The minimum absolute atomic E-state index is 0.0574. The van der Waals surface area contributed by atoms with Crippen LogP contribution in [0.3, 0.4) is 0 Å². The first-order valence-corrected chi connectivity index (χ1v) is 7.93. The minimum Gasteiger partial charge on any atom is -0.292 e. The molecule has 3 aromatic rings. The Morgan fingerprint density at radius 3 is 2.68 bits per heavy atom. The van der Waals surface area contributed by atoms with Crippen molar-refractivity contribution in [2.75, 3.05) is 0 Å². The number of ketones is 1. The van der Waals surface area contributed by atoms with Crippen LogP contribution in [-0.2, 0) is 0 Å². The lowest BCUT2D eigenvalue weighted by Crippen LogP contribution is -2.07. The van der Waals surface area contributed by atoms with E-state index in [1.165, 1.54) is 5.56 Å². The van der Waals surface area contributed by atoms with E-state index in [2.05, 4.69) is 32.8 Å². The summed E-state index contributed by atoms with van der Waals surface area (Å²) in [5.74, 6) is 0.231. The van der Waals surface area contributed by atoms with Crippen molar-refractivity contribution in [2.24, 2.45) is 0 Å². The van der Waals surface area contributed by atoms with Gasteiger partial charge in [0.15, 0.2) is 5.78 Å². The summed E-state index contributed by atoms with van der Waals surface area (Å²) < 4.78 is 0.802. The monoisotopic (exact) mass is 354 g/mol. The van der Waals surface area contributed by atoms with Crippen LogP contribution in [0.2, 0.25) is 0 Å². The van der Waals surface area contributed by atoms with Gasteiger partial charge < -0.3 is 0 Å². The van der Waals surface area contributed by atoms with Crippen LogP contribution in [0.25, 0.3) is 10.9 Å². The first kappa shape index (κ1) is 14.9. The zero-order chi connectivity index (χ0) is 15.5. The molecule has 0 aliphatic carbocycles. The van der Waals surface area contributed by atoms with Crippen molar-refractivity contribution < 1.29 is 4.79 Å². The molecule has 3 rings (SSSR count). The summed E-state index contributed by atoms with van der Waals surface area (Å²) in [4.78, 5) is 21.1. The number of nitrogens with zero attached hydrogens (tertiary/aromatic N) is 2. The number of benzene rings is 1. The molecule has 2 aromatic heterocycles. The third-order valence-electron chi connectivity index (χ3n) is 3.70. The molecule has 0 aliphatic rings. The highest BCUT2D eigenvalue weighted by Gasteiger charge is 2.15. The van der Waals surface area contributed by atoms with Crippen molar-refractivity contribution in [3.8, 4) is 0 Å². The molecule has 0 saturated carbocycles. The highest BCUT2D eigenvalue weighted by molar-refractivity contribution is 9.10. The van der Waals surface area contributed by atoms with Crippen LogP contribution in [0.15, 0.2) is 59.3 Å². The average Bonchev–Trinajstić information content (AvgIpc) is 2.55. The number of rotatable bonds is 4. The zero-order valence-electron chi connectivity index (χ0n) is 12.2. The lowest BCUT2D eigenvalue weighted by molar-refractivity contribution is 0.0971. The molecule has 3 nitrogen and oxygen atoms in total. The van der Waals surface area contributed by atoms with Crippen LogP contribution in [0.1, 0.15) is 35.3 Å². The number of fused-ring (bicyclic) bond motifs is 1. The van der Waals surface area contributed by atoms with Crippen LogP contribution >= 0.6 is 15.9 Å². The van der Waals surface area contributed by atoms with Crippen LogP contribution in [0, 0.1) is 0 Å². The van der Waals surface area contributed by atoms with E-state index in [1.54, 1.807) is 18.5 Å². The molecule has 0 N–H and O–H groups in total. The van der Waals surface area contributed by atoms with E-state index in [-0.39, 0.29) is 11.7 Å². The van der Waals surface area contributed by atoms with E-state index in [9.17, 15) is 4.79 Å². The van der Waals surface area contributed by atoms with Gasteiger partial charge in [0, 0.05) is 24.2 Å². The van der Waals surface area contributed by atoms with Gasteiger partial charge in [-0.3, -0.25) is 9.78 Å². The number of carbonyl (C=O) groups excluding carboxylic acids is 1. The Bertz CT molecular complexity index is 818. The van der Waals surface area contributed by atoms with E-state index >= 15 is 0 Å². The molecule has 0 unspecified atom stereocenters. The van der Waals surface area contributed by atoms with Gasteiger partial charge in [-0.15, -0.1) is 0 Å². The first-order chi connectivity index (χ1) is 10.6. The molecule has 4 heteroatoms. The Hall–Kier alpha value is -2.07. The first-order valence-electron chi connectivity index (χ1n) is 7.13. The summed E-state index contributed by atoms with van der Waals surface area (Å²) in [6, 6.07) is 13.7. The fourth-order valence-corrected chi connectivity index (χ4v) is 2.88. The molecule has 1 aromatic carbocycles. The van der Waals surface area contributed by atoms with E-state index in [4.69, 9.17) is 0 Å². The summed E-state index contributed by atoms with van der Waals surface area (Å²) in [6.07, 6.45) is 3.88. The normalized spacial score (nSPS) is 12.3. The topological polar surface area (TPSA) is 42.9 Å². The van der Waals surface area contributed by atoms with Gasteiger partial charge in [-0.05, 0) is 39.5 Å². The van der Waals surface area contributed by atoms with Crippen LogP contribution in [0.4, 0.5) is 0 Å². The predicted molar refractivity (Wildman–Crippen MR) is 91.0 cm³/mol. The number of hydrogen-bond donors (Lipinski definition) is 0. The highest BCUT2D eigenvalue weighted by Crippen LogP contribution is 2.23. The van der Waals surface area contributed by atoms with Crippen molar-refractivity contribution >= 4 is 32.6 Å². The highest BCUT2D eigenvalue weighted by atomic mass is 79.9. The molecule has 0 aliphatic heterocycles. The van der Waals surface area contributed by atoms with Crippen LogP contribution in [-0.4, -0.2) is 15.8 Å². The van der Waals surface area contributed by atoms with Gasteiger partial charge in [0.1, 0.15) is 5.69 Å². The third-order valence-corrected chi connectivity index (χ3v) is 4.28. The molecule has 0 fully saturated rings. The lowest BCUT2D eigenvalue weighted by Gasteiger charge is -2.11. The zero-order valence-corrected chi connectivity index (χ0v) is 13.7. The molecule has 0 amide bonds. The van der Waals surface area contributed by atoms with Gasteiger partial charge in [-0.1, -0.05) is 37.3 Å². The van der Waals surface area contributed by atoms with Gasteiger partial charge in [0.25, 0.3) is 0 Å². The standard InChI is InChI=1S/C18H15BrN2O/c1-12(13-5-3-2-4-6-13)9-17(22)16-8-7-14-10-20-11-15(19)18(14)21-16/h2-8,10-12H,9H2,1H3/t12-/m1/s1. The van der Waals surface area contributed by atoms with Crippen molar-refractivity contribution in [1.82, 2.24) is 9.97 Å². The fraction of sp³-hybridized carbons (Fsp3) is 0.167. The third kappa shape index (κ3) is 3.07. The largest absolute Gasteiger partial charge is 0.292 e. The van der Waals surface area contributed by atoms with Crippen LogP contribution < -0.4 is 0 Å². The summed E-state index contributed by atoms with van der Waals surface area (Å²) >= 11 is 3.43. The van der Waals surface area contributed by atoms with Crippen molar-refractivity contribution in [3.63, 3.8) is 0 Å². The lowest BCUT2D eigenvalue weighted by atomic mass is 9.94. The molecule has 1 atom stereocenters. The van der Waals surface area contributed by atoms with Crippen molar-refractivity contribution in [3.05, 3.63) is 70.6 Å². The van der Waals surface area contributed by atoms with E-state index in [0.717, 1.165) is 15.4 Å². The Balaban J connectivity index is 1.85. The van der Waals surface area contributed by atoms with Crippen LogP contribution in [0.5, 0.6) is 0 Å². The van der Waals surface area contributed by atoms with Gasteiger partial charge in [0.2, 0.25) is 0 Å². The number of halogens is 1. The molecular weight excluding hydrogens is 340 g/mol. The molecule has 0 bridgehead atoms. The average molecular weight is 355 g/mol. The minimum atomic E-state index is 0.0574. The fourth-order valence-electron chi connectivity index (χ4n) is 2.45. The number of Topliss-reactive ketones (excluding diaryl/α,β-unsaturated/α-hetero) is 1. The smallest absolute Gasteiger partial charge is 0.181 e. The Morgan fingerprint density at radius 2 is 1.91 bits per heavy atom. The molecular formula is C18H15BrN2O. The van der Waals surface area contributed by atoms with E-state index in [0.29, 0.717) is 12.1 Å². The van der Waals surface area contributed by atoms with Crippen molar-refractivity contribution in [2.45, 2.75) is 19.3 Å². The second-order valence-electron chi connectivity index (χ2n) is 5.33. The Morgan fingerprint density at radius 1 is 1.14 bits per heavy atom. The molecule has 2 heterocycles. The SMILES string of the molecule is C[C@H](CC(=O)c1ccc2cncc(Br)c2n1)c1ccccc1. The second kappa shape index (κ2) is 6.36. The summed E-state index contributed by atoms with van der Waals surface area (Å²) in [5, 5.41) is 0.919. The molecule has 110 valence electrons. The van der Waals surface area contributed by atoms with Gasteiger partial charge in [0.05, 0.1) is 9.99 Å². The number of aromatic nitrogens is 2. The van der Waals surface area contributed by atoms with E-state index in [1.807, 2.05) is 36.4 Å². The molecule has 0 spiro atoms. The maximum absolute atomic E-state index is 12.5. The second-order valence-corrected chi connectivity index (χ2v) is 6.18.